The number of rotatable bonds is 6. The lowest BCUT2D eigenvalue weighted by atomic mass is 9.89. The molecule has 3 N–H and O–H groups in total. The molecule has 0 unspecified atom stereocenters. The molecular formula is C23H22ClFN4O3. The summed E-state index contributed by atoms with van der Waals surface area (Å²) in [6.07, 6.45) is 4.60. The van der Waals surface area contributed by atoms with Crippen molar-refractivity contribution in [2.75, 3.05) is 25.6 Å². The van der Waals surface area contributed by atoms with E-state index in [1.54, 1.807) is 24.3 Å². The van der Waals surface area contributed by atoms with E-state index < -0.39 is 5.82 Å². The second kappa shape index (κ2) is 8.44. The largest absolute Gasteiger partial charge is 0.493 e. The highest BCUT2D eigenvalue weighted by molar-refractivity contribution is 6.32. The average molecular weight is 457 g/mol. The molecule has 7 nitrogen and oxygen atoms in total. The number of methoxy groups -OCH3 is 1. The molecule has 1 fully saturated rings. The van der Waals surface area contributed by atoms with Crippen molar-refractivity contribution in [1.29, 1.82) is 0 Å². The third-order valence-corrected chi connectivity index (χ3v) is 6.28. The maximum atomic E-state index is 14.8. The molecule has 4 heterocycles. The van der Waals surface area contributed by atoms with Gasteiger partial charge in [0.25, 0.3) is 5.91 Å². The van der Waals surface area contributed by atoms with Gasteiger partial charge in [-0.3, -0.25) is 9.78 Å². The molecule has 0 saturated carbocycles. The molecule has 3 aromatic rings. The van der Waals surface area contributed by atoms with Gasteiger partial charge < -0.3 is 25.1 Å². The minimum Gasteiger partial charge on any atom is -0.493 e. The Bertz CT molecular complexity index is 1180. The molecule has 0 aliphatic carbocycles. The average Bonchev–Trinajstić information content (AvgIpc) is 3.12. The quantitative estimate of drug-likeness (QED) is 0.503. The number of halogens is 2. The van der Waals surface area contributed by atoms with Crippen LogP contribution < -0.4 is 15.4 Å². The van der Waals surface area contributed by atoms with E-state index in [1.807, 2.05) is 0 Å². The van der Waals surface area contributed by atoms with Gasteiger partial charge in [-0.15, -0.1) is 0 Å². The zero-order valence-corrected chi connectivity index (χ0v) is 18.1. The third kappa shape index (κ3) is 3.59. The molecule has 0 radical (unpaired) electrons. The second-order valence-corrected chi connectivity index (χ2v) is 8.30. The van der Waals surface area contributed by atoms with Gasteiger partial charge in [0.05, 0.1) is 47.1 Å². The predicted octanol–water partition coefficient (Wildman–Crippen LogP) is 4.63. The van der Waals surface area contributed by atoms with Gasteiger partial charge in [0.15, 0.2) is 11.6 Å². The van der Waals surface area contributed by atoms with Crippen LogP contribution in [0.3, 0.4) is 0 Å². The number of aromatic nitrogens is 2. The van der Waals surface area contributed by atoms with E-state index in [0.717, 1.165) is 31.3 Å². The fourth-order valence-electron chi connectivity index (χ4n) is 4.31. The molecule has 2 aromatic heterocycles. The number of H-pyrrole nitrogens is 1. The fourth-order valence-corrected chi connectivity index (χ4v) is 4.56. The van der Waals surface area contributed by atoms with Crippen LogP contribution in [0.4, 0.5) is 15.8 Å². The summed E-state index contributed by atoms with van der Waals surface area (Å²) in [6, 6.07) is 6.85. The Morgan fingerprint density at radius 1 is 1.38 bits per heavy atom. The number of hydrogen-bond donors (Lipinski definition) is 3. The highest BCUT2D eigenvalue weighted by Gasteiger charge is 2.35. The van der Waals surface area contributed by atoms with E-state index >= 15 is 0 Å². The van der Waals surface area contributed by atoms with Crippen molar-refractivity contribution in [3.05, 3.63) is 58.8 Å². The highest BCUT2D eigenvalue weighted by atomic mass is 35.5. The number of nitrogens with zero attached hydrogens (tertiary/aromatic N) is 1. The first-order chi connectivity index (χ1) is 15.6. The number of aromatic amines is 1. The van der Waals surface area contributed by atoms with Crippen LogP contribution in [-0.4, -0.2) is 42.2 Å². The minimum atomic E-state index is -0.494. The monoisotopic (exact) mass is 456 g/mol. The van der Waals surface area contributed by atoms with Crippen LogP contribution in [0.1, 0.15) is 34.8 Å². The number of para-hydroxylation sites is 1. The number of carbonyl (C=O) groups excluding carboxylic acids is 1. The van der Waals surface area contributed by atoms with Crippen molar-refractivity contribution >= 4 is 28.9 Å². The number of ether oxygens (including phenoxy) is 2. The van der Waals surface area contributed by atoms with Gasteiger partial charge in [0.2, 0.25) is 0 Å². The van der Waals surface area contributed by atoms with Crippen molar-refractivity contribution in [2.45, 2.75) is 24.9 Å². The molecule has 2 aliphatic rings. The van der Waals surface area contributed by atoms with E-state index in [1.165, 1.54) is 13.3 Å². The van der Waals surface area contributed by atoms with Crippen molar-refractivity contribution in [3.8, 4) is 17.0 Å². The number of fused-ring (bicyclic) bond motifs is 1. The smallest absolute Gasteiger partial charge is 0.255 e. The Morgan fingerprint density at radius 2 is 2.22 bits per heavy atom. The molecule has 1 saturated heterocycles. The maximum absolute atomic E-state index is 14.8. The summed E-state index contributed by atoms with van der Waals surface area (Å²) < 4.78 is 25.8. The fraction of sp³-hybridized carbons (Fsp3) is 0.304. The van der Waals surface area contributed by atoms with Gasteiger partial charge in [-0.25, -0.2) is 4.39 Å². The molecule has 9 heteroatoms. The van der Waals surface area contributed by atoms with Crippen LogP contribution in [0.2, 0.25) is 5.02 Å². The molecule has 2 aliphatic heterocycles. The Morgan fingerprint density at radius 3 is 2.94 bits per heavy atom. The Kier molecular flexibility index (Phi) is 5.48. The molecule has 0 spiro atoms. The van der Waals surface area contributed by atoms with Gasteiger partial charge in [-0.2, -0.15) is 0 Å². The van der Waals surface area contributed by atoms with Crippen LogP contribution in [-0.2, 0) is 4.74 Å². The third-order valence-electron chi connectivity index (χ3n) is 5.99. The van der Waals surface area contributed by atoms with E-state index in [-0.39, 0.29) is 17.9 Å². The lowest BCUT2D eigenvalue weighted by molar-refractivity contribution is -0.0582. The Labute approximate surface area is 189 Å². The zero-order chi connectivity index (χ0) is 22.2. The standard InChI is InChI=1S/C23H22ClFN4O3/c1-31-22-15(24)3-2-4-17(22)28-21-18-19(29-20(21)14-5-7-26-11-16(14)25)12(10-27-23(18)30)9-13-6-8-32-13/h2-5,7,11-13,28-29H,6,8-10H2,1H3,(H,27,30)/t12-,13-/m0/s1. The SMILES string of the molecule is COc1c(Cl)cccc1Nc1c(-c2ccncc2F)[nH]c2c1C(=O)NC[C@@H]2C[C@@H]1CCO1. The van der Waals surface area contributed by atoms with Gasteiger partial charge in [-0.1, -0.05) is 17.7 Å². The van der Waals surface area contributed by atoms with Crippen molar-refractivity contribution in [3.63, 3.8) is 0 Å². The van der Waals surface area contributed by atoms with Gasteiger partial charge in [0, 0.05) is 36.5 Å². The number of carbonyl (C=O) groups is 1. The number of anilines is 2. The summed E-state index contributed by atoms with van der Waals surface area (Å²) >= 11 is 6.29. The number of benzene rings is 1. The molecule has 5 rings (SSSR count). The summed E-state index contributed by atoms with van der Waals surface area (Å²) in [7, 11) is 1.52. The van der Waals surface area contributed by atoms with Gasteiger partial charge >= 0.3 is 0 Å². The molecular weight excluding hydrogens is 435 g/mol. The topological polar surface area (TPSA) is 88.3 Å². The normalized spacial score (nSPS) is 19.7. The van der Waals surface area contributed by atoms with Crippen LogP contribution >= 0.6 is 11.6 Å². The lowest BCUT2D eigenvalue weighted by Crippen LogP contribution is -2.38. The molecule has 32 heavy (non-hydrogen) atoms. The number of amides is 1. The van der Waals surface area contributed by atoms with Crippen LogP contribution in [0, 0.1) is 5.82 Å². The van der Waals surface area contributed by atoms with Crippen molar-refractivity contribution in [2.24, 2.45) is 0 Å². The summed E-state index contributed by atoms with van der Waals surface area (Å²) in [5, 5.41) is 6.67. The summed E-state index contributed by atoms with van der Waals surface area (Å²) in [4.78, 5) is 20.2. The first-order valence-electron chi connectivity index (χ1n) is 10.4. The lowest BCUT2D eigenvalue weighted by Gasteiger charge is -2.32. The first-order valence-corrected chi connectivity index (χ1v) is 10.8. The predicted molar refractivity (Wildman–Crippen MR) is 119 cm³/mol. The summed E-state index contributed by atoms with van der Waals surface area (Å²) in [5.74, 6) is -0.271. The Hall–Kier alpha value is -3.10. The van der Waals surface area contributed by atoms with Crippen LogP contribution in [0.25, 0.3) is 11.3 Å². The number of nitrogens with one attached hydrogen (secondary N) is 3. The molecule has 2 atom stereocenters. The zero-order valence-electron chi connectivity index (χ0n) is 17.4. The van der Waals surface area contributed by atoms with Gasteiger partial charge in [-0.05, 0) is 31.0 Å². The van der Waals surface area contributed by atoms with Crippen LogP contribution in [0.15, 0.2) is 36.7 Å². The second-order valence-electron chi connectivity index (χ2n) is 7.89. The van der Waals surface area contributed by atoms with Crippen molar-refractivity contribution < 1.29 is 18.7 Å². The van der Waals surface area contributed by atoms with E-state index in [9.17, 15) is 9.18 Å². The molecule has 0 bridgehead atoms. The Balaban J connectivity index is 1.66. The first kappa shape index (κ1) is 20.8. The van der Waals surface area contributed by atoms with E-state index in [0.29, 0.717) is 45.5 Å². The molecule has 1 amide bonds. The number of pyridine rings is 1. The number of hydrogen-bond acceptors (Lipinski definition) is 5. The van der Waals surface area contributed by atoms with Crippen LogP contribution in [0.5, 0.6) is 5.75 Å². The summed E-state index contributed by atoms with van der Waals surface area (Å²) in [6.45, 7) is 1.25. The van der Waals surface area contributed by atoms with E-state index in [2.05, 4.69) is 20.6 Å². The molecule has 166 valence electrons. The van der Waals surface area contributed by atoms with Gasteiger partial charge in [0.1, 0.15) is 0 Å². The minimum absolute atomic E-state index is 0.0217. The summed E-state index contributed by atoms with van der Waals surface area (Å²) in [5.41, 5.74) is 3.02. The highest BCUT2D eigenvalue weighted by Crippen LogP contribution is 2.44. The molecule has 1 aromatic carbocycles. The van der Waals surface area contributed by atoms with Crippen molar-refractivity contribution in [1.82, 2.24) is 15.3 Å². The maximum Gasteiger partial charge on any atom is 0.255 e. The van der Waals surface area contributed by atoms with E-state index in [4.69, 9.17) is 21.1 Å².